The third kappa shape index (κ3) is 4.11. The fourth-order valence-corrected chi connectivity index (χ4v) is 3.39. The van der Waals surface area contributed by atoms with Crippen LogP contribution in [0.15, 0.2) is 10.5 Å². The Hall–Kier alpha value is 0.140. The van der Waals surface area contributed by atoms with Crippen LogP contribution < -0.4 is 5.73 Å². The molecule has 0 fully saturated rings. The summed E-state index contributed by atoms with van der Waals surface area (Å²) in [5.41, 5.74) is 5.44. The molecule has 0 radical (unpaired) electrons. The van der Waals surface area contributed by atoms with Crippen molar-refractivity contribution in [3.8, 4) is 0 Å². The molecule has 1 nitrogen and oxygen atoms in total. The summed E-state index contributed by atoms with van der Waals surface area (Å²) in [5, 5.41) is 0. The Morgan fingerprint density at radius 2 is 2.00 bits per heavy atom. The Balaban J connectivity index is 2.21. The number of nitrogens with two attached hydrogens (primary N) is 1. The number of halogens is 1. The minimum absolute atomic E-state index is 0.835. The van der Waals surface area contributed by atoms with E-state index in [1.807, 2.05) is 11.3 Å². The van der Waals surface area contributed by atoms with Gasteiger partial charge in [-0.15, -0.1) is 11.3 Å². The van der Waals surface area contributed by atoms with E-state index in [9.17, 15) is 0 Å². The number of hydrogen-bond acceptors (Lipinski definition) is 2. The Labute approximate surface area is 98.8 Å². The van der Waals surface area contributed by atoms with E-state index < -0.39 is 0 Å². The van der Waals surface area contributed by atoms with E-state index in [1.54, 1.807) is 0 Å². The average Bonchev–Trinajstić information content (AvgIpc) is 2.45. The molecule has 3 heteroatoms. The lowest BCUT2D eigenvalue weighted by Gasteiger charge is -1.99. The quantitative estimate of drug-likeness (QED) is 0.784. The Morgan fingerprint density at radius 1 is 1.29 bits per heavy atom. The fraction of sp³-hybridized carbons (Fsp3) is 0.636. The van der Waals surface area contributed by atoms with Gasteiger partial charge in [-0.2, -0.15) is 0 Å². The molecule has 0 aromatic carbocycles. The molecule has 14 heavy (non-hydrogen) atoms. The van der Waals surface area contributed by atoms with Crippen LogP contribution in [-0.2, 0) is 6.42 Å². The zero-order valence-corrected chi connectivity index (χ0v) is 11.1. The molecular formula is C11H18BrNS. The topological polar surface area (TPSA) is 26.0 Å². The minimum atomic E-state index is 0.835. The van der Waals surface area contributed by atoms with Crippen molar-refractivity contribution in [1.29, 1.82) is 0 Å². The Bertz CT molecular complexity index is 270. The van der Waals surface area contributed by atoms with Gasteiger partial charge in [0.15, 0.2) is 0 Å². The molecule has 0 unspecified atom stereocenters. The van der Waals surface area contributed by atoms with Crippen molar-refractivity contribution >= 4 is 27.3 Å². The van der Waals surface area contributed by atoms with E-state index in [-0.39, 0.29) is 0 Å². The van der Waals surface area contributed by atoms with Gasteiger partial charge in [0.1, 0.15) is 0 Å². The maximum atomic E-state index is 5.44. The molecule has 0 atom stereocenters. The molecule has 1 rings (SSSR count). The first-order valence-corrected chi connectivity index (χ1v) is 6.80. The summed E-state index contributed by atoms with van der Waals surface area (Å²) in [6, 6.07) is 2.21. The van der Waals surface area contributed by atoms with E-state index >= 15 is 0 Å². The molecule has 0 aliphatic carbocycles. The normalized spacial score (nSPS) is 10.8. The van der Waals surface area contributed by atoms with E-state index in [4.69, 9.17) is 5.73 Å². The van der Waals surface area contributed by atoms with E-state index in [0.29, 0.717) is 0 Å². The maximum Gasteiger partial charge on any atom is 0.0317 e. The number of unbranched alkanes of at least 4 members (excludes halogenated alkanes) is 3. The molecule has 2 N–H and O–H groups in total. The molecule has 1 aromatic heterocycles. The molecule has 0 spiro atoms. The zero-order chi connectivity index (χ0) is 10.4. The summed E-state index contributed by atoms with van der Waals surface area (Å²) < 4.78 is 1.29. The summed E-state index contributed by atoms with van der Waals surface area (Å²) in [5.74, 6) is 0. The second-order valence-corrected chi connectivity index (χ2v) is 5.78. The van der Waals surface area contributed by atoms with Gasteiger partial charge in [-0.25, -0.2) is 0 Å². The first kappa shape index (κ1) is 12.2. The molecule has 80 valence electrons. The molecule has 1 heterocycles. The number of hydrogen-bond donors (Lipinski definition) is 1. The first-order chi connectivity index (χ1) is 6.74. The lowest BCUT2D eigenvalue weighted by Crippen LogP contribution is -1.97. The summed E-state index contributed by atoms with van der Waals surface area (Å²) in [7, 11) is 0. The highest BCUT2D eigenvalue weighted by Gasteiger charge is 2.03. The number of aryl methyl sites for hydroxylation is 2. The van der Waals surface area contributed by atoms with Crippen molar-refractivity contribution in [3.05, 3.63) is 20.3 Å². The summed E-state index contributed by atoms with van der Waals surface area (Å²) >= 11 is 5.50. The third-order valence-electron chi connectivity index (χ3n) is 2.24. The van der Waals surface area contributed by atoms with E-state index in [1.165, 1.54) is 46.3 Å². The van der Waals surface area contributed by atoms with Gasteiger partial charge in [-0.05, 0) is 54.7 Å². The largest absolute Gasteiger partial charge is 0.330 e. The van der Waals surface area contributed by atoms with E-state index in [2.05, 4.69) is 28.9 Å². The molecule has 0 amide bonds. The van der Waals surface area contributed by atoms with Gasteiger partial charge < -0.3 is 5.73 Å². The van der Waals surface area contributed by atoms with Gasteiger partial charge in [-0.3, -0.25) is 0 Å². The van der Waals surface area contributed by atoms with Crippen molar-refractivity contribution in [2.45, 2.75) is 39.0 Å². The predicted molar refractivity (Wildman–Crippen MR) is 68.0 cm³/mol. The summed E-state index contributed by atoms with van der Waals surface area (Å²) in [4.78, 5) is 2.89. The lowest BCUT2D eigenvalue weighted by molar-refractivity contribution is 0.649. The predicted octanol–water partition coefficient (Wildman–Crippen LogP) is 3.88. The zero-order valence-electron chi connectivity index (χ0n) is 8.68. The van der Waals surface area contributed by atoms with Crippen LogP contribution in [0.25, 0.3) is 0 Å². The van der Waals surface area contributed by atoms with Gasteiger partial charge in [0.05, 0.1) is 0 Å². The van der Waals surface area contributed by atoms with Crippen molar-refractivity contribution in [3.63, 3.8) is 0 Å². The standard InChI is InChI=1S/C11H18BrNS/c1-9-8-10(12)11(14-9)6-4-2-3-5-7-13/h8H,2-7,13H2,1H3. The van der Waals surface area contributed by atoms with Gasteiger partial charge >= 0.3 is 0 Å². The molecule has 0 saturated carbocycles. The molecule has 0 aliphatic heterocycles. The van der Waals surface area contributed by atoms with Crippen LogP contribution in [0.2, 0.25) is 0 Å². The highest BCUT2D eigenvalue weighted by Crippen LogP contribution is 2.28. The second kappa shape index (κ2) is 6.59. The Morgan fingerprint density at radius 3 is 2.57 bits per heavy atom. The van der Waals surface area contributed by atoms with Crippen molar-refractivity contribution in [2.24, 2.45) is 5.73 Å². The van der Waals surface area contributed by atoms with Crippen molar-refractivity contribution in [2.75, 3.05) is 6.54 Å². The number of thiophene rings is 1. The van der Waals surface area contributed by atoms with Crippen molar-refractivity contribution < 1.29 is 0 Å². The van der Waals surface area contributed by atoms with Crippen LogP contribution in [-0.4, -0.2) is 6.54 Å². The molecule has 1 aromatic rings. The maximum absolute atomic E-state index is 5.44. The lowest BCUT2D eigenvalue weighted by atomic mass is 10.1. The molecule has 0 aliphatic rings. The average molecular weight is 276 g/mol. The van der Waals surface area contributed by atoms with Gasteiger partial charge in [0, 0.05) is 14.2 Å². The van der Waals surface area contributed by atoms with Gasteiger partial charge in [0.2, 0.25) is 0 Å². The second-order valence-electron chi connectivity index (χ2n) is 3.58. The van der Waals surface area contributed by atoms with Gasteiger partial charge in [-0.1, -0.05) is 12.8 Å². The molecule has 0 bridgehead atoms. The molecular weight excluding hydrogens is 258 g/mol. The van der Waals surface area contributed by atoms with Crippen molar-refractivity contribution in [1.82, 2.24) is 0 Å². The smallest absolute Gasteiger partial charge is 0.0317 e. The number of rotatable bonds is 6. The highest BCUT2D eigenvalue weighted by atomic mass is 79.9. The summed E-state index contributed by atoms with van der Waals surface area (Å²) in [6.45, 7) is 3.00. The highest BCUT2D eigenvalue weighted by molar-refractivity contribution is 9.10. The van der Waals surface area contributed by atoms with Crippen LogP contribution in [0, 0.1) is 6.92 Å². The first-order valence-electron chi connectivity index (χ1n) is 5.19. The van der Waals surface area contributed by atoms with Crippen LogP contribution in [0.1, 0.15) is 35.4 Å². The minimum Gasteiger partial charge on any atom is -0.330 e. The summed E-state index contributed by atoms with van der Waals surface area (Å²) in [6.07, 6.45) is 6.26. The van der Waals surface area contributed by atoms with Crippen LogP contribution in [0.3, 0.4) is 0 Å². The Kier molecular flexibility index (Phi) is 5.75. The fourth-order valence-electron chi connectivity index (χ4n) is 1.49. The third-order valence-corrected chi connectivity index (χ3v) is 4.32. The van der Waals surface area contributed by atoms with Crippen LogP contribution in [0.5, 0.6) is 0 Å². The van der Waals surface area contributed by atoms with Crippen LogP contribution in [0.4, 0.5) is 0 Å². The molecule has 0 saturated heterocycles. The van der Waals surface area contributed by atoms with E-state index in [0.717, 1.165) is 6.54 Å². The van der Waals surface area contributed by atoms with Crippen LogP contribution >= 0.6 is 27.3 Å². The monoisotopic (exact) mass is 275 g/mol. The SMILES string of the molecule is Cc1cc(Br)c(CCCCCCN)s1. The van der Waals surface area contributed by atoms with Gasteiger partial charge in [0.25, 0.3) is 0 Å².